The number of hydrogen-bond acceptors (Lipinski definition) is 2. The molecule has 1 aliphatic heterocycles. The molecule has 2 N–H and O–H groups in total. The topological polar surface area (TPSA) is 48.1 Å². The third-order valence-electron chi connectivity index (χ3n) is 5.66. The number of aromatic amines is 1. The second-order valence-corrected chi connectivity index (χ2v) is 7.98. The van der Waals surface area contributed by atoms with Gasteiger partial charge in [0, 0.05) is 23.6 Å². The second kappa shape index (κ2) is 8.38. The summed E-state index contributed by atoms with van der Waals surface area (Å²) in [4.78, 5) is 18.5. The molecular weight excluding hydrogens is 370 g/mol. The van der Waals surface area contributed by atoms with Gasteiger partial charge in [0.2, 0.25) is 0 Å². The fraction of sp³-hybridized carbons (Fsp3) is 0.348. The van der Waals surface area contributed by atoms with Crippen molar-refractivity contribution in [3.8, 4) is 0 Å². The van der Waals surface area contributed by atoms with Gasteiger partial charge in [-0.05, 0) is 56.6 Å². The van der Waals surface area contributed by atoms with Crippen molar-refractivity contribution < 1.29 is 4.79 Å². The summed E-state index contributed by atoms with van der Waals surface area (Å²) < 4.78 is 0. The predicted molar refractivity (Wildman–Crippen MR) is 115 cm³/mol. The number of aryl methyl sites for hydroxylation is 1. The van der Waals surface area contributed by atoms with Crippen LogP contribution in [0.2, 0.25) is 5.02 Å². The minimum Gasteiger partial charge on any atom is -0.361 e. The first-order chi connectivity index (χ1) is 13.6. The number of carbonyl (C=O) groups is 1. The largest absolute Gasteiger partial charge is 0.361 e. The van der Waals surface area contributed by atoms with Crippen LogP contribution in [-0.4, -0.2) is 35.4 Å². The number of likely N-dealkylation sites (tertiary alicyclic amines) is 1. The molecule has 0 saturated carbocycles. The Kier molecular flexibility index (Phi) is 5.69. The molecule has 28 heavy (non-hydrogen) atoms. The zero-order valence-corrected chi connectivity index (χ0v) is 16.9. The Morgan fingerprint density at radius 3 is 2.61 bits per heavy atom. The summed E-state index contributed by atoms with van der Waals surface area (Å²) in [5, 5.41) is 4.51. The first kappa shape index (κ1) is 19.0. The molecule has 146 valence electrons. The van der Waals surface area contributed by atoms with E-state index in [1.807, 2.05) is 18.3 Å². The highest BCUT2D eigenvalue weighted by Gasteiger charge is 2.23. The van der Waals surface area contributed by atoms with Gasteiger partial charge in [0.25, 0.3) is 5.91 Å². The summed E-state index contributed by atoms with van der Waals surface area (Å²) in [6.45, 7) is 4.82. The van der Waals surface area contributed by atoms with Crippen molar-refractivity contribution in [1.29, 1.82) is 0 Å². The molecule has 1 aliphatic rings. The molecule has 1 saturated heterocycles. The molecule has 1 amide bonds. The second-order valence-electron chi connectivity index (χ2n) is 7.60. The Morgan fingerprint density at radius 1 is 1.11 bits per heavy atom. The number of rotatable bonds is 5. The molecule has 2 heterocycles. The summed E-state index contributed by atoms with van der Waals surface area (Å²) in [5.41, 5.74) is 3.96. The van der Waals surface area contributed by atoms with E-state index in [1.54, 1.807) is 6.07 Å². The highest BCUT2D eigenvalue weighted by Crippen LogP contribution is 2.28. The van der Waals surface area contributed by atoms with Crippen LogP contribution in [0.3, 0.4) is 0 Å². The number of aromatic nitrogens is 1. The van der Waals surface area contributed by atoms with Crippen LogP contribution < -0.4 is 5.32 Å². The monoisotopic (exact) mass is 395 g/mol. The Hall–Kier alpha value is -2.30. The summed E-state index contributed by atoms with van der Waals surface area (Å²) in [6.07, 6.45) is 5.55. The van der Waals surface area contributed by atoms with Crippen LogP contribution in [0.15, 0.2) is 48.7 Å². The number of nitrogens with zero attached hydrogens (tertiary/aromatic N) is 1. The Bertz CT molecular complexity index is 958. The molecule has 0 bridgehead atoms. The maximum absolute atomic E-state index is 12.9. The number of hydrogen-bond donors (Lipinski definition) is 2. The van der Waals surface area contributed by atoms with Gasteiger partial charge in [-0.3, -0.25) is 9.69 Å². The maximum Gasteiger partial charge on any atom is 0.252 e. The van der Waals surface area contributed by atoms with Gasteiger partial charge in [-0.1, -0.05) is 47.9 Å². The SMILES string of the molecule is Cc1ccc(C(CNC(=O)c2ccc3[nH]ccc3c2Cl)N2CCCCC2)cc1. The highest BCUT2D eigenvalue weighted by atomic mass is 35.5. The first-order valence-electron chi connectivity index (χ1n) is 9.98. The standard InChI is InChI=1S/C23H26ClN3O/c1-16-5-7-17(8-6-16)21(27-13-3-2-4-14-27)15-26-23(28)19-9-10-20-18(22(19)24)11-12-25-20/h5-12,21,25H,2-4,13-15H2,1H3,(H,26,28). The average Bonchev–Trinajstić information content (AvgIpc) is 3.20. The molecule has 4 nitrogen and oxygen atoms in total. The van der Waals surface area contributed by atoms with Crippen molar-refractivity contribution in [2.45, 2.75) is 32.2 Å². The molecule has 0 aliphatic carbocycles. The van der Waals surface area contributed by atoms with Crippen molar-refractivity contribution in [3.05, 3.63) is 70.4 Å². The van der Waals surface area contributed by atoms with Gasteiger partial charge in [0.1, 0.15) is 0 Å². The number of piperidine rings is 1. The summed E-state index contributed by atoms with van der Waals surface area (Å²) in [6, 6.07) is 14.4. The van der Waals surface area contributed by atoms with Crippen LogP contribution in [0, 0.1) is 6.92 Å². The van der Waals surface area contributed by atoms with E-state index in [2.05, 4.69) is 46.4 Å². The van der Waals surface area contributed by atoms with Crippen LogP contribution in [-0.2, 0) is 0 Å². The maximum atomic E-state index is 12.9. The van der Waals surface area contributed by atoms with Crippen LogP contribution in [0.1, 0.15) is 46.8 Å². The fourth-order valence-electron chi connectivity index (χ4n) is 4.03. The molecule has 1 aromatic heterocycles. The van der Waals surface area contributed by atoms with E-state index in [1.165, 1.54) is 30.4 Å². The quantitative estimate of drug-likeness (QED) is 0.632. The number of amides is 1. The lowest BCUT2D eigenvalue weighted by atomic mass is 10.0. The minimum absolute atomic E-state index is 0.123. The summed E-state index contributed by atoms with van der Waals surface area (Å²) >= 11 is 6.48. The lowest BCUT2D eigenvalue weighted by molar-refractivity contribution is 0.0924. The summed E-state index contributed by atoms with van der Waals surface area (Å²) in [7, 11) is 0. The van der Waals surface area contributed by atoms with Gasteiger partial charge < -0.3 is 10.3 Å². The van der Waals surface area contributed by atoms with Crippen molar-refractivity contribution in [1.82, 2.24) is 15.2 Å². The van der Waals surface area contributed by atoms with Crippen LogP contribution in [0.25, 0.3) is 10.9 Å². The molecule has 1 fully saturated rings. The smallest absolute Gasteiger partial charge is 0.252 e. The van der Waals surface area contributed by atoms with Crippen LogP contribution in [0.4, 0.5) is 0 Å². The van der Waals surface area contributed by atoms with Gasteiger partial charge in [-0.15, -0.1) is 0 Å². The van der Waals surface area contributed by atoms with Gasteiger partial charge in [-0.2, -0.15) is 0 Å². The fourth-order valence-corrected chi connectivity index (χ4v) is 4.35. The molecule has 4 rings (SSSR count). The molecule has 5 heteroatoms. The molecule has 2 aromatic carbocycles. The molecule has 3 aromatic rings. The number of benzene rings is 2. The van der Waals surface area contributed by atoms with Gasteiger partial charge in [-0.25, -0.2) is 0 Å². The Morgan fingerprint density at radius 2 is 1.86 bits per heavy atom. The van der Waals surface area contributed by atoms with E-state index in [9.17, 15) is 4.79 Å². The van der Waals surface area contributed by atoms with Crippen molar-refractivity contribution in [3.63, 3.8) is 0 Å². The van der Waals surface area contributed by atoms with Gasteiger partial charge in [0.05, 0.1) is 16.6 Å². The lowest BCUT2D eigenvalue weighted by Gasteiger charge is -2.35. The number of H-pyrrole nitrogens is 1. The minimum atomic E-state index is -0.123. The summed E-state index contributed by atoms with van der Waals surface area (Å²) in [5.74, 6) is -0.123. The van der Waals surface area contributed by atoms with E-state index in [-0.39, 0.29) is 11.9 Å². The van der Waals surface area contributed by atoms with Crippen LogP contribution in [0.5, 0.6) is 0 Å². The zero-order valence-electron chi connectivity index (χ0n) is 16.2. The third-order valence-corrected chi connectivity index (χ3v) is 6.07. The normalized spacial score (nSPS) is 16.2. The molecule has 1 atom stereocenters. The zero-order chi connectivity index (χ0) is 19.5. The van der Waals surface area contributed by atoms with Crippen molar-refractivity contribution in [2.75, 3.05) is 19.6 Å². The Balaban J connectivity index is 1.53. The number of carbonyl (C=O) groups excluding carboxylic acids is 1. The van der Waals surface area contributed by atoms with Gasteiger partial charge >= 0.3 is 0 Å². The number of nitrogens with one attached hydrogen (secondary N) is 2. The third kappa shape index (κ3) is 3.94. The lowest BCUT2D eigenvalue weighted by Crippen LogP contribution is -2.40. The first-order valence-corrected chi connectivity index (χ1v) is 10.4. The number of fused-ring (bicyclic) bond motifs is 1. The Labute approximate surface area is 170 Å². The van der Waals surface area contributed by atoms with E-state index in [4.69, 9.17) is 11.6 Å². The van der Waals surface area contributed by atoms with E-state index < -0.39 is 0 Å². The molecule has 0 radical (unpaired) electrons. The van der Waals surface area contributed by atoms with E-state index >= 15 is 0 Å². The van der Waals surface area contributed by atoms with Crippen molar-refractivity contribution in [2.24, 2.45) is 0 Å². The highest BCUT2D eigenvalue weighted by molar-refractivity contribution is 6.38. The molecule has 0 spiro atoms. The molecular formula is C23H26ClN3O. The van der Waals surface area contributed by atoms with Crippen molar-refractivity contribution >= 4 is 28.4 Å². The van der Waals surface area contributed by atoms with Gasteiger partial charge in [0.15, 0.2) is 0 Å². The predicted octanol–water partition coefficient (Wildman–Crippen LogP) is 5.09. The average molecular weight is 396 g/mol. The van der Waals surface area contributed by atoms with Crippen LogP contribution >= 0.6 is 11.6 Å². The molecule has 1 unspecified atom stereocenters. The van der Waals surface area contributed by atoms with E-state index in [0.29, 0.717) is 17.1 Å². The van der Waals surface area contributed by atoms with E-state index in [0.717, 1.165) is 24.0 Å². The number of halogens is 1.